The van der Waals surface area contributed by atoms with Gasteiger partial charge in [-0.25, -0.2) is 15.0 Å². The highest BCUT2D eigenvalue weighted by molar-refractivity contribution is 6.26. The number of para-hydroxylation sites is 3. The summed E-state index contributed by atoms with van der Waals surface area (Å²) in [6, 6.07) is 62.6. The van der Waals surface area contributed by atoms with Crippen molar-refractivity contribution in [2.45, 2.75) is 0 Å². The van der Waals surface area contributed by atoms with Crippen LogP contribution >= 0.6 is 0 Å². The molecule has 12 aromatic rings. The van der Waals surface area contributed by atoms with Crippen molar-refractivity contribution in [3.05, 3.63) is 224 Å². The molecule has 0 N–H and O–H groups in total. The van der Waals surface area contributed by atoms with Gasteiger partial charge in [-0.3, -0.25) is 0 Å². The molecule has 64 heavy (non-hydrogen) atoms. The number of aromatic nitrogens is 5. The molecule has 9 aromatic carbocycles. The van der Waals surface area contributed by atoms with Crippen LogP contribution in [0.15, 0.2) is 218 Å². The number of nitrogens with zero attached hydrogens (tertiary/aromatic N) is 6. The molecule has 0 radical (unpaired) electrons. The SMILES string of the molecule is [2H]c1c([2H])c([2H])c(-n2c3ccccc3c3c2ccc2c4ccccc4n(-c4ccc(-c5nc(-c6ccc(-c7ccccc7)cc6)nc(-c6ccccc6-c6ccccc6)n5)cc4C#N)c23)c([2H])c1[2H]. The maximum atomic E-state index is 11.1. The molecule has 6 nitrogen and oxygen atoms in total. The Bertz CT molecular complexity index is 4050. The molecule has 0 atom stereocenters. The Kier molecular flexibility index (Phi) is 7.58. The molecule has 0 amide bonds. The van der Waals surface area contributed by atoms with E-state index in [9.17, 15) is 5.26 Å². The number of rotatable bonds is 7. The molecule has 0 bridgehead atoms. The molecule has 0 aliphatic rings. The maximum absolute atomic E-state index is 11.1. The van der Waals surface area contributed by atoms with E-state index in [0.717, 1.165) is 66.0 Å². The smallest absolute Gasteiger partial charge is 0.164 e. The summed E-state index contributed by atoms with van der Waals surface area (Å²) in [5, 5.41) is 14.7. The normalized spacial score (nSPS) is 12.5. The largest absolute Gasteiger partial charge is 0.309 e. The zero-order chi connectivity index (χ0) is 46.9. The van der Waals surface area contributed by atoms with Crippen LogP contribution in [0, 0.1) is 11.3 Å². The van der Waals surface area contributed by atoms with Crippen molar-refractivity contribution < 1.29 is 6.85 Å². The highest BCUT2D eigenvalue weighted by atomic mass is 15.0. The highest BCUT2D eigenvalue weighted by Crippen LogP contribution is 2.43. The minimum absolute atomic E-state index is 0.0610. The lowest BCUT2D eigenvalue weighted by molar-refractivity contribution is 1.07. The van der Waals surface area contributed by atoms with E-state index in [1.54, 1.807) is 4.57 Å². The second-order valence-electron chi connectivity index (χ2n) is 15.5. The van der Waals surface area contributed by atoms with Gasteiger partial charge < -0.3 is 9.13 Å². The van der Waals surface area contributed by atoms with Gasteiger partial charge in [-0.2, -0.15) is 5.26 Å². The summed E-state index contributed by atoms with van der Waals surface area (Å²) in [7, 11) is 0. The first-order chi connectivity index (χ1) is 33.8. The molecule has 0 saturated heterocycles. The number of benzene rings is 9. The van der Waals surface area contributed by atoms with E-state index in [1.165, 1.54) is 0 Å². The molecule has 0 fully saturated rings. The van der Waals surface area contributed by atoms with Gasteiger partial charge >= 0.3 is 0 Å². The average molecular weight is 822 g/mol. The van der Waals surface area contributed by atoms with Gasteiger partial charge in [-0.05, 0) is 70.7 Å². The van der Waals surface area contributed by atoms with Crippen LogP contribution in [0.5, 0.6) is 0 Å². The molecular weight excluding hydrogens is 781 g/mol. The summed E-state index contributed by atoms with van der Waals surface area (Å²) in [5.41, 5.74) is 10.5. The van der Waals surface area contributed by atoms with E-state index < -0.39 is 18.1 Å². The zero-order valence-corrected chi connectivity index (χ0v) is 34.1. The van der Waals surface area contributed by atoms with Crippen molar-refractivity contribution >= 4 is 43.6 Å². The molecule has 298 valence electrons. The van der Waals surface area contributed by atoms with Gasteiger partial charge in [-0.1, -0.05) is 170 Å². The Morgan fingerprint density at radius 1 is 0.422 bits per heavy atom. The molecule has 12 rings (SSSR count). The lowest BCUT2D eigenvalue weighted by Gasteiger charge is -2.14. The molecule has 0 aliphatic heterocycles. The Morgan fingerprint density at radius 3 is 1.72 bits per heavy atom. The summed E-state index contributed by atoms with van der Waals surface area (Å²) < 4.78 is 47.3. The van der Waals surface area contributed by atoms with Gasteiger partial charge in [0.25, 0.3) is 0 Å². The summed E-state index contributed by atoms with van der Waals surface area (Å²) in [6.07, 6.45) is 0. The van der Waals surface area contributed by atoms with Crippen LogP contribution in [0.25, 0.3) is 111 Å². The molecular formula is C58H36N6. The van der Waals surface area contributed by atoms with E-state index in [4.69, 9.17) is 21.8 Å². The van der Waals surface area contributed by atoms with Crippen molar-refractivity contribution in [2.24, 2.45) is 0 Å². The van der Waals surface area contributed by atoms with Gasteiger partial charge in [-0.15, -0.1) is 0 Å². The van der Waals surface area contributed by atoms with Gasteiger partial charge in [0.15, 0.2) is 17.5 Å². The summed E-state index contributed by atoms with van der Waals surface area (Å²) in [5.74, 6) is 1.38. The lowest BCUT2D eigenvalue weighted by atomic mass is 9.99. The first-order valence-electron chi connectivity index (χ1n) is 23.4. The molecule has 3 aromatic heterocycles. The third-order valence-electron chi connectivity index (χ3n) is 11.9. The van der Waals surface area contributed by atoms with E-state index in [2.05, 4.69) is 59.2 Å². The minimum atomic E-state index is -0.455. The fourth-order valence-corrected chi connectivity index (χ4v) is 9.06. The minimum Gasteiger partial charge on any atom is -0.309 e. The molecule has 0 aliphatic carbocycles. The predicted molar refractivity (Wildman–Crippen MR) is 260 cm³/mol. The molecule has 0 spiro atoms. The van der Waals surface area contributed by atoms with Crippen molar-refractivity contribution in [3.63, 3.8) is 0 Å². The summed E-state index contributed by atoms with van der Waals surface area (Å²) in [6.45, 7) is 0. The van der Waals surface area contributed by atoms with Gasteiger partial charge in [0, 0.05) is 43.9 Å². The first kappa shape index (κ1) is 31.9. The van der Waals surface area contributed by atoms with E-state index in [0.29, 0.717) is 45.3 Å². The second-order valence-corrected chi connectivity index (χ2v) is 15.5. The van der Waals surface area contributed by atoms with Crippen molar-refractivity contribution in [2.75, 3.05) is 0 Å². The predicted octanol–water partition coefficient (Wildman–Crippen LogP) is 14.3. The van der Waals surface area contributed by atoms with Crippen LogP contribution in [0.3, 0.4) is 0 Å². The zero-order valence-electron chi connectivity index (χ0n) is 39.1. The number of nitriles is 1. The molecule has 0 unspecified atom stereocenters. The fourth-order valence-electron chi connectivity index (χ4n) is 9.06. The number of fused-ring (bicyclic) bond motifs is 7. The quantitative estimate of drug-likeness (QED) is 0.160. The van der Waals surface area contributed by atoms with Crippen LogP contribution in [-0.4, -0.2) is 24.1 Å². The number of hydrogen-bond donors (Lipinski definition) is 0. The molecule has 3 heterocycles. The summed E-state index contributed by atoms with van der Waals surface area (Å²) >= 11 is 0. The van der Waals surface area contributed by atoms with Gasteiger partial charge in [0.1, 0.15) is 6.07 Å². The van der Waals surface area contributed by atoms with Crippen molar-refractivity contribution in [1.82, 2.24) is 24.1 Å². The lowest BCUT2D eigenvalue weighted by Crippen LogP contribution is -2.03. The topological polar surface area (TPSA) is 72.3 Å². The molecule has 6 heteroatoms. The molecule has 0 saturated carbocycles. The average Bonchev–Trinajstić information content (AvgIpc) is 3.92. The highest BCUT2D eigenvalue weighted by Gasteiger charge is 2.23. The van der Waals surface area contributed by atoms with E-state index in [-0.39, 0.29) is 17.8 Å². The maximum Gasteiger partial charge on any atom is 0.164 e. The van der Waals surface area contributed by atoms with E-state index >= 15 is 0 Å². The Balaban J connectivity index is 1.08. The second kappa shape index (κ2) is 15.2. The summed E-state index contributed by atoms with van der Waals surface area (Å²) in [4.78, 5) is 15.4. The fraction of sp³-hybridized carbons (Fsp3) is 0. The van der Waals surface area contributed by atoms with E-state index in [1.807, 2.05) is 140 Å². The van der Waals surface area contributed by atoms with Crippen LogP contribution < -0.4 is 0 Å². The Hall–Kier alpha value is -8.92. The Morgan fingerprint density at radius 2 is 0.984 bits per heavy atom. The van der Waals surface area contributed by atoms with Crippen LogP contribution in [0.2, 0.25) is 0 Å². The van der Waals surface area contributed by atoms with Crippen molar-refractivity contribution in [1.29, 1.82) is 5.26 Å². The van der Waals surface area contributed by atoms with Crippen LogP contribution in [0.1, 0.15) is 12.4 Å². The van der Waals surface area contributed by atoms with Crippen molar-refractivity contribution in [3.8, 4) is 73.9 Å². The standard InChI is InChI=1S/C58H36N6/c59-37-43-36-42(57-60-56(41-30-28-39(29-31-41)38-16-4-1-5-17-38)61-58(62-57)48-24-11-10-22-45(48)40-18-6-2-7-19-40)32-34-50(43)64-51-26-14-12-23-46(51)47-33-35-53-54(55(47)64)49-25-13-15-27-52(49)63(53)44-20-8-3-9-21-44/h1-36H/i3D,8D,9D,20D,21D. The monoisotopic (exact) mass is 821 g/mol. The third kappa shape index (κ3) is 6.06. The third-order valence-corrected chi connectivity index (χ3v) is 11.9. The Labute approximate surface area is 376 Å². The van der Waals surface area contributed by atoms with Gasteiger partial charge in [0.05, 0.1) is 40.2 Å². The van der Waals surface area contributed by atoms with Crippen LogP contribution in [-0.2, 0) is 0 Å². The van der Waals surface area contributed by atoms with Gasteiger partial charge in [0.2, 0.25) is 0 Å². The first-order valence-corrected chi connectivity index (χ1v) is 20.9. The number of hydrogen-bond acceptors (Lipinski definition) is 4. The van der Waals surface area contributed by atoms with Crippen LogP contribution in [0.4, 0.5) is 0 Å².